The lowest BCUT2D eigenvalue weighted by atomic mass is 10.2. The van der Waals surface area contributed by atoms with Gasteiger partial charge in [0.1, 0.15) is 0 Å². The first kappa shape index (κ1) is 27.4. The molecule has 2 rings (SSSR count). The lowest BCUT2D eigenvalue weighted by Crippen LogP contribution is -2.46. The van der Waals surface area contributed by atoms with Crippen molar-refractivity contribution in [3.8, 4) is 0 Å². The van der Waals surface area contributed by atoms with E-state index < -0.39 is 0 Å². The molecule has 0 aromatic heterocycles. The van der Waals surface area contributed by atoms with E-state index in [1.165, 1.54) is 58.5 Å². The standard InChI is InChI=1S/C22H44N6O.HI/c1-3-23-22(25-13-10-16-28-15-8-5-6-11-21(28)29)24-12-7-9-14-27-19-17-26(4-2)18-20-27;/h3-20H2,1-2H3,(H2,23,24,25);1H. The number of aliphatic imine (C=N–C) groups is 1. The monoisotopic (exact) mass is 536 g/mol. The summed E-state index contributed by atoms with van der Waals surface area (Å²) in [6, 6.07) is 0. The Kier molecular flexibility index (Phi) is 15.5. The van der Waals surface area contributed by atoms with E-state index in [4.69, 9.17) is 4.99 Å². The molecule has 0 aliphatic carbocycles. The van der Waals surface area contributed by atoms with Crippen LogP contribution in [-0.2, 0) is 4.79 Å². The molecule has 0 spiro atoms. The van der Waals surface area contributed by atoms with Gasteiger partial charge in [0.25, 0.3) is 0 Å². The topological polar surface area (TPSA) is 63.2 Å². The first-order chi connectivity index (χ1) is 14.2. The molecule has 2 heterocycles. The van der Waals surface area contributed by atoms with Crippen molar-refractivity contribution in [3.05, 3.63) is 0 Å². The van der Waals surface area contributed by atoms with Crippen molar-refractivity contribution < 1.29 is 4.79 Å². The van der Waals surface area contributed by atoms with Gasteiger partial charge in [-0.05, 0) is 52.1 Å². The van der Waals surface area contributed by atoms with Crippen LogP contribution in [0.5, 0.6) is 0 Å². The molecule has 0 bridgehead atoms. The molecule has 2 fully saturated rings. The van der Waals surface area contributed by atoms with E-state index in [1.807, 2.05) is 4.90 Å². The van der Waals surface area contributed by atoms with Gasteiger partial charge < -0.3 is 25.3 Å². The Balaban J connectivity index is 0.00000450. The average Bonchev–Trinajstić information content (AvgIpc) is 2.95. The Labute approximate surface area is 201 Å². The second kappa shape index (κ2) is 17.0. The molecule has 2 aliphatic rings. The smallest absolute Gasteiger partial charge is 0.222 e. The third-order valence-electron chi connectivity index (χ3n) is 5.98. The van der Waals surface area contributed by atoms with Crippen LogP contribution in [0.3, 0.4) is 0 Å². The molecule has 0 radical (unpaired) electrons. The number of guanidine groups is 1. The maximum atomic E-state index is 12.1. The summed E-state index contributed by atoms with van der Waals surface area (Å²) in [6.45, 7) is 16.0. The summed E-state index contributed by atoms with van der Waals surface area (Å²) in [5.41, 5.74) is 0. The van der Waals surface area contributed by atoms with Gasteiger partial charge in [-0.2, -0.15) is 0 Å². The molecule has 0 aromatic carbocycles. The Morgan fingerprint density at radius 1 is 0.900 bits per heavy atom. The summed E-state index contributed by atoms with van der Waals surface area (Å²) < 4.78 is 0. The molecule has 8 heteroatoms. The zero-order chi connectivity index (χ0) is 20.7. The highest BCUT2D eigenvalue weighted by molar-refractivity contribution is 14.0. The van der Waals surface area contributed by atoms with Crippen LogP contribution in [0.15, 0.2) is 4.99 Å². The van der Waals surface area contributed by atoms with Gasteiger partial charge in [0, 0.05) is 65.3 Å². The van der Waals surface area contributed by atoms with E-state index in [2.05, 4.69) is 34.3 Å². The number of nitrogens with zero attached hydrogens (tertiary/aromatic N) is 4. The Hall–Kier alpha value is -0.610. The van der Waals surface area contributed by atoms with Crippen molar-refractivity contribution in [2.24, 2.45) is 4.99 Å². The number of rotatable bonds is 11. The second-order valence-corrected chi connectivity index (χ2v) is 8.22. The summed E-state index contributed by atoms with van der Waals surface area (Å²) in [4.78, 5) is 23.9. The molecular formula is C22H45IN6O. The zero-order valence-corrected chi connectivity index (χ0v) is 21.7. The van der Waals surface area contributed by atoms with Crippen molar-refractivity contribution in [2.75, 3.05) is 72.0 Å². The van der Waals surface area contributed by atoms with Gasteiger partial charge in [-0.15, -0.1) is 24.0 Å². The van der Waals surface area contributed by atoms with Crippen molar-refractivity contribution in [1.82, 2.24) is 25.3 Å². The number of hydrogen-bond donors (Lipinski definition) is 2. The van der Waals surface area contributed by atoms with Gasteiger partial charge in [-0.25, -0.2) is 0 Å². The number of likely N-dealkylation sites (N-methyl/N-ethyl adjacent to an activating group) is 1. The molecule has 0 saturated carbocycles. The Bertz CT molecular complexity index is 482. The van der Waals surface area contributed by atoms with Crippen LogP contribution in [-0.4, -0.2) is 98.6 Å². The molecule has 2 aliphatic heterocycles. The van der Waals surface area contributed by atoms with E-state index in [1.54, 1.807) is 0 Å². The number of hydrogen-bond acceptors (Lipinski definition) is 4. The van der Waals surface area contributed by atoms with Gasteiger partial charge in [-0.1, -0.05) is 13.3 Å². The second-order valence-electron chi connectivity index (χ2n) is 8.22. The number of halogens is 1. The van der Waals surface area contributed by atoms with Crippen molar-refractivity contribution >= 4 is 35.8 Å². The minimum Gasteiger partial charge on any atom is -0.357 e. The molecule has 0 unspecified atom stereocenters. The maximum absolute atomic E-state index is 12.1. The predicted octanol–water partition coefficient (Wildman–Crippen LogP) is 2.37. The highest BCUT2D eigenvalue weighted by Crippen LogP contribution is 2.11. The molecular weight excluding hydrogens is 491 g/mol. The molecule has 0 atom stereocenters. The fourth-order valence-electron chi connectivity index (χ4n) is 4.07. The first-order valence-corrected chi connectivity index (χ1v) is 12.0. The quantitative estimate of drug-likeness (QED) is 0.184. The molecule has 2 saturated heterocycles. The average molecular weight is 537 g/mol. The third-order valence-corrected chi connectivity index (χ3v) is 5.98. The molecule has 7 nitrogen and oxygen atoms in total. The third kappa shape index (κ3) is 11.1. The van der Waals surface area contributed by atoms with E-state index in [0.717, 1.165) is 64.4 Å². The van der Waals surface area contributed by atoms with Crippen LogP contribution in [0.4, 0.5) is 0 Å². The Morgan fingerprint density at radius 2 is 1.67 bits per heavy atom. The molecule has 1 amide bonds. The van der Waals surface area contributed by atoms with Crippen LogP contribution >= 0.6 is 24.0 Å². The fourth-order valence-corrected chi connectivity index (χ4v) is 4.07. The Morgan fingerprint density at radius 3 is 2.40 bits per heavy atom. The number of piperazine rings is 1. The minimum absolute atomic E-state index is 0. The van der Waals surface area contributed by atoms with Crippen LogP contribution in [0.25, 0.3) is 0 Å². The van der Waals surface area contributed by atoms with E-state index >= 15 is 0 Å². The highest BCUT2D eigenvalue weighted by atomic mass is 127. The zero-order valence-electron chi connectivity index (χ0n) is 19.3. The maximum Gasteiger partial charge on any atom is 0.222 e. The van der Waals surface area contributed by atoms with Crippen LogP contribution in [0.1, 0.15) is 58.8 Å². The molecule has 176 valence electrons. The lowest BCUT2D eigenvalue weighted by Gasteiger charge is -2.34. The van der Waals surface area contributed by atoms with Gasteiger partial charge >= 0.3 is 0 Å². The summed E-state index contributed by atoms with van der Waals surface area (Å²) in [5, 5.41) is 6.80. The minimum atomic E-state index is 0. The molecule has 0 aromatic rings. The number of carbonyl (C=O) groups is 1. The van der Waals surface area contributed by atoms with Crippen molar-refractivity contribution in [2.45, 2.75) is 58.8 Å². The number of unbranched alkanes of at least 4 members (excludes halogenated alkanes) is 1. The van der Waals surface area contributed by atoms with Gasteiger partial charge in [0.05, 0.1) is 0 Å². The number of amides is 1. The SMILES string of the molecule is CCNC(=NCCCN1CCCCCC1=O)NCCCCN1CCN(CC)CC1.I. The fraction of sp³-hybridized carbons (Fsp3) is 0.909. The summed E-state index contributed by atoms with van der Waals surface area (Å²) in [6.07, 6.45) is 7.44. The van der Waals surface area contributed by atoms with E-state index in [-0.39, 0.29) is 24.0 Å². The van der Waals surface area contributed by atoms with Crippen molar-refractivity contribution in [1.29, 1.82) is 0 Å². The van der Waals surface area contributed by atoms with E-state index in [0.29, 0.717) is 5.91 Å². The van der Waals surface area contributed by atoms with Crippen LogP contribution < -0.4 is 10.6 Å². The first-order valence-electron chi connectivity index (χ1n) is 12.0. The number of likely N-dealkylation sites (tertiary alicyclic amines) is 1. The van der Waals surface area contributed by atoms with E-state index in [9.17, 15) is 4.79 Å². The van der Waals surface area contributed by atoms with Gasteiger partial charge in [0.2, 0.25) is 5.91 Å². The van der Waals surface area contributed by atoms with Crippen molar-refractivity contribution in [3.63, 3.8) is 0 Å². The normalized spacial score (nSPS) is 19.3. The highest BCUT2D eigenvalue weighted by Gasteiger charge is 2.16. The summed E-state index contributed by atoms with van der Waals surface area (Å²) >= 11 is 0. The molecule has 30 heavy (non-hydrogen) atoms. The number of nitrogens with one attached hydrogen (secondary N) is 2. The van der Waals surface area contributed by atoms with Gasteiger partial charge in [0.15, 0.2) is 5.96 Å². The molecule has 2 N–H and O–H groups in total. The van der Waals surface area contributed by atoms with Gasteiger partial charge in [-0.3, -0.25) is 9.79 Å². The largest absolute Gasteiger partial charge is 0.357 e. The lowest BCUT2D eigenvalue weighted by molar-refractivity contribution is -0.130. The predicted molar refractivity (Wildman–Crippen MR) is 137 cm³/mol. The summed E-state index contributed by atoms with van der Waals surface area (Å²) in [7, 11) is 0. The van der Waals surface area contributed by atoms with Crippen LogP contribution in [0.2, 0.25) is 0 Å². The summed E-state index contributed by atoms with van der Waals surface area (Å²) in [5.74, 6) is 1.24. The van der Waals surface area contributed by atoms with Crippen LogP contribution in [0, 0.1) is 0 Å². The number of carbonyl (C=O) groups excluding carboxylic acids is 1.